The van der Waals surface area contributed by atoms with E-state index in [1.807, 2.05) is 20.8 Å². The van der Waals surface area contributed by atoms with E-state index in [0.29, 0.717) is 0 Å². The first-order valence-corrected chi connectivity index (χ1v) is 5.97. The van der Waals surface area contributed by atoms with Crippen LogP contribution in [0.2, 0.25) is 0 Å². The molecule has 92 valence electrons. The quantitative estimate of drug-likeness (QED) is 0.538. The molecule has 2 N–H and O–H groups in total. The molecule has 1 aliphatic carbocycles. The predicted octanol–water partition coefficient (Wildman–Crippen LogP) is 0.689. The van der Waals surface area contributed by atoms with E-state index in [2.05, 4.69) is 5.32 Å². The molecule has 1 spiro atoms. The number of hydrogen-bond donors (Lipinski definition) is 2. The summed E-state index contributed by atoms with van der Waals surface area (Å²) in [5, 5.41) is 12.6. The lowest BCUT2D eigenvalue weighted by atomic mass is 9.89. The highest BCUT2D eigenvalue weighted by Crippen LogP contribution is 2.46. The van der Waals surface area contributed by atoms with Crippen LogP contribution in [0.1, 0.15) is 33.6 Å². The lowest BCUT2D eigenvalue weighted by Crippen LogP contribution is -2.39. The Morgan fingerprint density at radius 3 is 2.62 bits per heavy atom. The van der Waals surface area contributed by atoms with E-state index < -0.39 is 5.60 Å². The second-order valence-electron chi connectivity index (χ2n) is 6.00. The molecule has 2 fully saturated rings. The van der Waals surface area contributed by atoms with Crippen LogP contribution in [0.3, 0.4) is 0 Å². The molecule has 1 heterocycles. The van der Waals surface area contributed by atoms with Crippen LogP contribution < -0.4 is 5.32 Å². The Bertz CT molecular complexity index is 291. The summed E-state index contributed by atoms with van der Waals surface area (Å²) in [6.07, 6.45) is 1.88. The van der Waals surface area contributed by atoms with Crippen molar-refractivity contribution in [3.8, 4) is 0 Å². The normalized spacial score (nSPS) is 37.8. The first-order chi connectivity index (χ1) is 7.38. The minimum Gasteiger partial charge on any atom is -0.460 e. The van der Waals surface area contributed by atoms with Gasteiger partial charge in [0.2, 0.25) is 0 Å². The maximum Gasteiger partial charge on any atom is 0.311 e. The highest BCUT2D eigenvalue weighted by atomic mass is 16.6. The molecule has 1 aliphatic heterocycles. The van der Waals surface area contributed by atoms with Crippen LogP contribution in [-0.4, -0.2) is 35.4 Å². The van der Waals surface area contributed by atoms with E-state index >= 15 is 0 Å². The van der Waals surface area contributed by atoms with Crippen LogP contribution in [0.15, 0.2) is 0 Å². The van der Waals surface area contributed by atoms with Crippen molar-refractivity contribution in [3.05, 3.63) is 0 Å². The number of carbonyl (C=O) groups is 1. The van der Waals surface area contributed by atoms with Gasteiger partial charge in [0.1, 0.15) is 5.60 Å². The third kappa shape index (κ3) is 2.09. The number of rotatable bonds is 2. The van der Waals surface area contributed by atoms with Gasteiger partial charge in [-0.1, -0.05) is 0 Å². The first-order valence-electron chi connectivity index (χ1n) is 5.97. The van der Waals surface area contributed by atoms with Crippen LogP contribution in [0, 0.1) is 11.8 Å². The lowest BCUT2D eigenvalue weighted by Gasteiger charge is -2.26. The molecule has 0 aromatic carbocycles. The van der Waals surface area contributed by atoms with E-state index in [1.54, 1.807) is 0 Å². The smallest absolute Gasteiger partial charge is 0.311 e. The van der Waals surface area contributed by atoms with E-state index in [4.69, 9.17) is 4.74 Å². The molecule has 4 heteroatoms. The van der Waals surface area contributed by atoms with Crippen molar-refractivity contribution in [1.29, 1.82) is 0 Å². The number of hydrogen-bond acceptors (Lipinski definition) is 4. The number of carbonyl (C=O) groups excluding carboxylic acids is 1. The summed E-state index contributed by atoms with van der Waals surface area (Å²) in [7, 11) is 0. The second kappa shape index (κ2) is 3.70. The molecule has 0 aromatic heterocycles. The molecule has 16 heavy (non-hydrogen) atoms. The molecular formula is C12H21NO3. The van der Waals surface area contributed by atoms with Crippen LogP contribution >= 0.6 is 0 Å². The molecule has 0 amide bonds. The SMILES string of the molecule is CC(C)(C)OC(=O)C1C(CO)CC[C@@]12CN2. The molecule has 1 saturated carbocycles. The summed E-state index contributed by atoms with van der Waals surface area (Å²) < 4.78 is 5.44. The summed E-state index contributed by atoms with van der Waals surface area (Å²) in [6, 6.07) is 0. The minimum absolute atomic E-state index is 0.0598. The van der Waals surface area contributed by atoms with Gasteiger partial charge in [-0.2, -0.15) is 0 Å². The van der Waals surface area contributed by atoms with Crippen molar-refractivity contribution in [2.24, 2.45) is 11.8 Å². The van der Waals surface area contributed by atoms with Crippen molar-refractivity contribution in [1.82, 2.24) is 5.32 Å². The Hall–Kier alpha value is -0.610. The monoisotopic (exact) mass is 227 g/mol. The van der Waals surface area contributed by atoms with Crippen LogP contribution in [0.25, 0.3) is 0 Å². The van der Waals surface area contributed by atoms with Crippen LogP contribution in [0.5, 0.6) is 0 Å². The van der Waals surface area contributed by atoms with E-state index in [9.17, 15) is 9.90 Å². The topological polar surface area (TPSA) is 68.5 Å². The fourth-order valence-electron chi connectivity index (χ4n) is 2.71. The maximum absolute atomic E-state index is 12.1. The summed E-state index contributed by atoms with van der Waals surface area (Å²) in [5.74, 6) is -0.268. The van der Waals surface area contributed by atoms with Crippen molar-refractivity contribution in [2.45, 2.75) is 44.8 Å². The van der Waals surface area contributed by atoms with Crippen molar-refractivity contribution in [3.63, 3.8) is 0 Å². The molecular weight excluding hydrogens is 206 g/mol. The average molecular weight is 227 g/mol. The van der Waals surface area contributed by atoms with Gasteiger partial charge in [-0.05, 0) is 39.5 Å². The van der Waals surface area contributed by atoms with Gasteiger partial charge in [-0.25, -0.2) is 0 Å². The average Bonchev–Trinajstić information content (AvgIpc) is 2.76. The maximum atomic E-state index is 12.1. The van der Waals surface area contributed by atoms with E-state index in [1.165, 1.54) is 0 Å². The van der Waals surface area contributed by atoms with Crippen LogP contribution in [0.4, 0.5) is 0 Å². The predicted molar refractivity (Wildman–Crippen MR) is 59.9 cm³/mol. The Morgan fingerprint density at radius 1 is 1.56 bits per heavy atom. The second-order valence-corrected chi connectivity index (χ2v) is 6.00. The number of esters is 1. The van der Waals surface area contributed by atoms with Gasteiger partial charge >= 0.3 is 5.97 Å². The molecule has 4 nitrogen and oxygen atoms in total. The van der Waals surface area contributed by atoms with Gasteiger partial charge in [0.25, 0.3) is 0 Å². The largest absolute Gasteiger partial charge is 0.460 e. The molecule has 2 rings (SSSR count). The van der Waals surface area contributed by atoms with Gasteiger partial charge in [0.05, 0.1) is 5.92 Å². The lowest BCUT2D eigenvalue weighted by molar-refractivity contribution is -0.162. The summed E-state index contributed by atoms with van der Waals surface area (Å²) >= 11 is 0. The standard InChI is InChI=1S/C12H21NO3/c1-11(2,3)16-10(15)9-8(6-14)4-5-12(9)7-13-12/h8-9,13-14H,4-7H2,1-3H3/t8?,9?,12-/m1/s1. The summed E-state index contributed by atoms with van der Waals surface area (Å²) in [6.45, 7) is 6.59. The first kappa shape index (κ1) is 11.9. The molecule has 1 saturated heterocycles. The summed E-state index contributed by atoms with van der Waals surface area (Å²) in [4.78, 5) is 12.1. The Kier molecular flexibility index (Phi) is 2.75. The van der Waals surface area contributed by atoms with Gasteiger partial charge in [-0.15, -0.1) is 0 Å². The molecule has 0 aromatic rings. The number of nitrogens with one attached hydrogen (secondary N) is 1. The third-order valence-corrected chi connectivity index (χ3v) is 3.55. The van der Waals surface area contributed by atoms with Gasteiger partial charge in [0, 0.05) is 18.7 Å². The van der Waals surface area contributed by atoms with Gasteiger partial charge in [-0.3, -0.25) is 4.79 Å². The van der Waals surface area contributed by atoms with Gasteiger partial charge in [0.15, 0.2) is 0 Å². The highest BCUT2D eigenvalue weighted by Gasteiger charge is 2.59. The summed E-state index contributed by atoms with van der Waals surface area (Å²) in [5.41, 5.74) is -0.508. The molecule has 2 unspecified atom stereocenters. The van der Waals surface area contributed by atoms with Crippen molar-refractivity contribution < 1.29 is 14.6 Å². The van der Waals surface area contributed by atoms with Crippen molar-refractivity contribution in [2.75, 3.05) is 13.2 Å². The van der Waals surface area contributed by atoms with E-state index in [-0.39, 0.29) is 30.0 Å². The van der Waals surface area contributed by atoms with E-state index in [0.717, 1.165) is 19.4 Å². The Labute approximate surface area is 96.4 Å². The third-order valence-electron chi connectivity index (χ3n) is 3.55. The molecule has 0 radical (unpaired) electrons. The minimum atomic E-state index is -0.449. The zero-order chi connectivity index (χ0) is 12.0. The zero-order valence-corrected chi connectivity index (χ0v) is 10.2. The molecule has 3 atom stereocenters. The highest BCUT2D eigenvalue weighted by molar-refractivity contribution is 5.76. The Balaban J connectivity index is 2.08. The number of aliphatic hydroxyl groups excluding tert-OH is 1. The van der Waals surface area contributed by atoms with Crippen molar-refractivity contribution >= 4 is 5.97 Å². The van der Waals surface area contributed by atoms with Gasteiger partial charge < -0.3 is 15.2 Å². The van der Waals surface area contributed by atoms with Crippen LogP contribution in [-0.2, 0) is 9.53 Å². The molecule has 0 bridgehead atoms. The fourth-order valence-corrected chi connectivity index (χ4v) is 2.71. The number of aliphatic hydroxyl groups is 1. The fraction of sp³-hybridized carbons (Fsp3) is 0.917. The molecule has 2 aliphatic rings. The zero-order valence-electron chi connectivity index (χ0n) is 10.2. The number of ether oxygens (including phenoxy) is 1. The Morgan fingerprint density at radius 2 is 2.19 bits per heavy atom.